The highest BCUT2D eigenvalue weighted by Gasteiger charge is 2.14. The minimum absolute atomic E-state index is 0.208. The average Bonchev–Trinajstić information content (AvgIpc) is 1.91. The largest absolute Gasteiger partial charge is 0.256 e. The van der Waals surface area contributed by atoms with Gasteiger partial charge >= 0.3 is 0 Å². The van der Waals surface area contributed by atoms with Crippen molar-refractivity contribution < 1.29 is 0 Å². The van der Waals surface area contributed by atoms with Crippen molar-refractivity contribution in [2.45, 2.75) is 27.2 Å². The van der Waals surface area contributed by atoms with Crippen LogP contribution in [0.1, 0.15) is 26.5 Å². The first-order valence-corrected chi connectivity index (χ1v) is 4.32. The predicted molar refractivity (Wildman–Crippen MR) is 50.2 cm³/mol. The molecule has 0 amide bonds. The first kappa shape index (κ1) is 9.46. The normalized spacial score (nSPS) is 11.7. The molecular weight excluding hydrogens is 172 g/mol. The fraction of sp³-hybridized carbons (Fsp3) is 0.556. The van der Waals surface area contributed by atoms with Crippen molar-refractivity contribution in [3.8, 4) is 0 Å². The molecule has 1 rings (SSSR count). The van der Waals surface area contributed by atoms with E-state index in [0.29, 0.717) is 5.15 Å². The van der Waals surface area contributed by atoms with Crippen LogP contribution >= 0.6 is 11.6 Å². The lowest BCUT2D eigenvalue weighted by Crippen LogP contribution is -2.11. The number of hydrogen-bond acceptors (Lipinski definition) is 2. The molecule has 0 unspecified atom stereocenters. The van der Waals surface area contributed by atoms with E-state index >= 15 is 0 Å². The third-order valence-corrected chi connectivity index (χ3v) is 1.74. The van der Waals surface area contributed by atoms with Gasteiger partial charge in [0.25, 0.3) is 0 Å². The summed E-state index contributed by atoms with van der Waals surface area (Å²) >= 11 is 5.86. The fourth-order valence-corrected chi connectivity index (χ4v) is 1.14. The second-order valence-corrected chi connectivity index (χ2v) is 4.39. The Kier molecular flexibility index (Phi) is 2.68. The van der Waals surface area contributed by atoms with Crippen LogP contribution in [0.25, 0.3) is 0 Å². The van der Waals surface area contributed by atoms with Gasteiger partial charge in [-0.15, -0.1) is 0 Å². The number of nitrogens with zero attached hydrogens (tertiary/aromatic N) is 2. The topological polar surface area (TPSA) is 25.8 Å². The maximum Gasteiger partial charge on any atom is 0.150 e. The first-order valence-electron chi connectivity index (χ1n) is 3.94. The molecule has 0 saturated carbocycles. The van der Waals surface area contributed by atoms with Gasteiger partial charge in [0, 0.05) is 12.4 Å². The van der Waals surface area contributed by atoms with Gasteiger partial charge in [0.2, 0.25) is 0 Å². The first-order chi connectivity index (χ1) is 5.49. The molecule has 1 aromatic rings. The van der Waals surface area contributed by atoms with E-state index in [4.69, 9.17) is 11.6 Å². The highest BCUT2D eigenvalue weighted by molar-refractivity contribution is 6.29. The van der Waals surface area contributed by atoms with Gasteiger partial charge in [0.1, 0.15) is 5.15 Å². The van der Waals surface area contributed by atoms with Crippen LogP contribution < -0.4 is 0 Å². The zero-order valence-electron chi connectivity index (χ0n) is 7.63. The monoisotopic (exact) mass is 184 g/mol. The fourth-order valence-electron chi connectivity index (χ4n) is 0.971. The molecular formula is C9H13ClN2. The van der Waals surface area contributed by atoms with Crippen molar-refractivity contribution in [1.29, 1.82) is 0 Å². The molecule has 0 aromatic carbocycles. The molecule has 0 aliphatic heterocycles. The summed E-state index contributed by atoms with van der Waals surface area (Å²) in [7, 11) is 0. The Hall–Kier alpha value is -0.630. The van der Waals surface area contributed by atoms with E-state index < -0.39 is 0 Å². The Morgan fingerprint density at radius 3 is 2.33 bits per heavy atom. The minimum atomic E-state index is 0.208. The quantitative estimate of drug-likeness (QED) is 0.671. The summed E-state index contributed by atoms with van der Waals surface area (Å²) in [6.45, 7) is 6.45. The highest BCUT2D eigenvalue weighted by atomic mass is 35.5. The van der Waals surface area contributed by atoms with E-state index in [1.54, 1.807) is 12.4 Å². The summed E-state index contributed by atoms with van der Waals surface area (Å²) in [4.78, 5) is 8.14. The SMILES string of the molecule is CC(C)(C)Cc1nccnc1Cl. The number of aromatic nitrogens is 2. The van der Waals surface area contributed by atoms with Crippen molar-refractivity contribution in [1.82, 2.24) is 9.97 Å². The number of rotatable bonds is 1. The van der Waals surface area contributed by atoms with Crippen molar-refractivity contribution in [3.63, 3.8) is 0 Å². The summed E-state index contributed by atoms with van der Waals surface area (Å²) in [5, 5.41) is 0.521. The second-order valence-electron chi connectivity index (χ2n) is 4.03. The van der Waals surface area contributed by atoms with Gasteiger partial charge in [-0.2, -0.15) is 0 Å². The molecule has 12 heavy (non-hydrogen) atoms. The zero-order chi connectivity index (χ0) is 9.19. The number of halogens is 1. The smallest absolute Gasteiger partial charge is 0.150 e. The van der Waals surface area contributed by atoms with Crippen LogP contribution in [0.3, 0.4) is 0 Å². The van der Waals surface area contributed by atoms with Gasteiger partial charge in [0.05, 0.1) is 5.69 Å². The molecule has 1 aromatic heterocycles. The molecule has 0 saturated heterocycles. The molecule has 0 spiro atoms. The van der Waals surface area contributed by atoms with E-state index in [-0.39, 0.29) is 5.41 Å². The molecule has 0 atom stereocenters. The molecule has 3 heteroatoms. The average molecular weight is 185 g/mol. The Morgan fingerprint density at radius 1 is 1.25 bits per heavy atom. The summed E-state index contributed by atoms with van der Waals surface area (Å²) in [6, 6.07) is 0. The standard InChI is InChI=1S/C9H13ClN2/c1-9(2,3)6-7-8(10)12-5-4-11-7/h4-5H,6H2,1-3H3. The van der Waals surface area contributed by atoms with Crippen molar-refractivity contribution >= 4 is 11.6 Å². The van der Waals surface area contributed by atoms with Crippen LogP contribution in [0, 0.1) is 5.41 Å². The van der Waals surface area contributed by atoms with Crippen LogP contribution in [0.5, 0.6) is 0 Å². The van der Waals surface area contributed by atoms with Crippen LogP contribution in [0.15, 0.2) is 12.4 Å². The van der Waals surface area contributed by atoms with E-state index in [1.165, 1.54) is 0 Å². The Labute approximate surface area is 78.0 Å². The van der Waals surface area contributed by atoms with E-state index in [9.17, 15) is 0 Å². The lowest BCUT2D eigenvalue weighted by atomic mass is 9.91. The molecule has 0 aliphatic rings. The van der Waals surface area contributed by atoms with Crippen molar-refractivity contribution in [3.05, 3.63) is 23.2 Å². The zero-order valence-corrected chi connectivity index (χ0v) is 8.39. The van der Waals surface area contributed by atoms with Crippen LogP contribution in [-0.4, -0.2) is 9.97 Å². The molecule has 0 N–H and O–H groups in total. The number of hydrogen-bond donors (Lipinski definition) is 0. The maximum absolute atomic E-state index is 5.86. The maximum atomic E-state index is 5.86. The summed E-state index contributed by atoms with van der Waals surface area (Å²) in [5.41, 5.74) is 1.09. The van der Waals surface area contributed by atoms with Gasteiger partial charge in [-0.05, 0) is 11.8 Å². The molecule has 0 aliphatic carbocycles. The molecule has 2 nitrogen and oxygen atoms in total. The Morgan fingerprint density at radius 2 is 1.83 bits per heavy atom. The lowest BCUT2D eigenvalue weighted by molar-refractivity contribution is 0.406. The minimum Gasteiger partial charge on any atom is -0.256 e. The van der Waals surface area contributed by atoms with Gasteiger partial charge in [-0.25, -0.2) is 4.98 Å². The third-order valence-electron chi connectivity index (χ3n) is 1.42. The van der Waals surface area contributed by atoms with Crippen LogP contribution in [-0.2, 0) is 6.42 Å². The van der Waals surface area contributed by atoms with Gasteiger partial charge in [-0.3, -0.25) is 4.98 Å². The molecule has 1 heterocycles. The van der Waals surface area contributed by atoms with E-state index in [0.717, 1.165) is 12.1 Å². The van der Waals surface area contributed by atoms with Crippen LogP contribution in [0.2, 0.25) is 5.15 Å². The molecule has 66 valence electrons. The third kappa shape index (κ3) is 2.78. The molecule has 0 fully saturated rings. The van der Waals surface area contributed by atoms with Crippen molar-refractivity contribution in [2.75, 3.05) is 0 Å². The molecule has 0 radical (unpaired) electrons. The Balaban J connectivity index is 2.83. The van der Waals surface area contributed by atoms with Gasteiger partial charge in [-0.1, -0.05) is 32.4 Å². The van der Waals surface area contributed by atoms with E-state index in [2.05, 4.69) is 30.7 Å². The van der Waals surface area contributed by atoms with E-state index in [1.807, 2.05) is 0 Å². The van der Waals surface area contributed by atoms with Gasteiger partial charge < -0.3 is 0 Å². The van der Waals surface area contributed by atoms with Crippen molar-refractivity contribution in [2.24, 2.45) is 5.41 Å². The Bertz CT molecular complexity index is 265. The lowest BCUT2D eigenvalue weighted by Gasteiger charge is -2.17. The molecule has 0 bridgehead atoms. The van der Waals surface area contributed by atoms with Gasteiger partial charge in [0.15, 0.2) is 0 Å². The summed E-state index contributed by atoms with van der Waals surface area (Å²) in [6.07, 6.45) is 4.14. The second kappa shape index (κ2) is 3.40. The summed E-state index contributed by atoms with van der Waals surface area (Å²) in [5.74, 6) is 0. The van der Waals surface area contributed by atoms with Crippen LogP contribution in [0.4, 0.5) is 0 Å². The predicted octanol–water partition coefficient (Wildman–Crippen LogP) is 2.72. The summed E-state index contributed by atoms with van der Waals surface area (Å²) < 4.78 is 0. The highest BCUT2D eigenvalue weighted by Crippen LogP contribution is 2.22.